The number of nitrogens with one attached hydrogen (secondary N) is 1. The van der Waals surface area contributed by atoms with Crippen molar-refractivity contribution in [3.05, 3.63) is 37.1 Å². The van der Waals surface area contributed by atoms with Crippen molar-refractivity contribution in [2.45, 2.75) is 32.4 Å². The summed E-state index contributed by atoms with van der Waals surface area (Å²) < 4.78 is 0. The van der Waals surface area contributed by atoms with Gasteiger partial charge in [0.15, 0.2) is 0 Å². The molecule has 0 aromatic carbocycles. The molecular formula is C17H24N4O2. The van der Waals surface area contributed by atoms with Crippen molar-refractivity contribution < 1.29 is 9.59 Å². The number of anilines is 1. The molecule has 0 spiro atoms. The van der Waals surface area contributed by atoms with Crippen LogP contribution in [0.4, 0.5) is 5.82 Å². The first kappa shape index (κ1) is 17.0. The Labute approximate surface area is 136 Å². The minimum Gasteiger partial charge on any atom is -0.368 e. The molecule has 1 unspecified atom stereocenters. The number of amides is 2. The Morgan fingerprint density at radius 3 is 2.74 bits per heavy atom. The normalized spacial score (nSPS) is 22.0. The van der Waals surface area contributed by atoms with Gasteiger partial charge in [-0.25, -0.2) is 4.98 Å². The number of nitrogens with zero attached hydrogens (tertiary/aromatic N) is 2. The molecule has 6 heteroatoms. The number of primary amides is 1. The Morgan fingerprint density at radius 1 is 1.48 bits per heavy atom. The summed E-state index contributed by atoms with van der Waals surface area (Å²) in [6.07, 6.45) is 3.98. The van der Waals surface area contributed by atoms with Crippen LogP contribution >= 0.6 is 0 Å². The fourth-order valence-electron chi connectivity index (χ4n) is 2.85. The molecule has 23 heavy (non-hydrogen) atoms. The number of hydrogen-bond acceptors (Lipinski definition) is 4. The maximum absolute atomic E-state index is 13.0. The highest BCUT2D eigenvalue weighted by Crippen LogP contribution is 2.26. The summed E-state index contributed by atoms with van der Waals surface area (Å²) in [6, 6.07) is 4.44. The molecule has 2 amide bonds. The number of nitrogens with two attached hydrogens (primary N) is 1. The second kappa shape index (κ2) is 7.26. The van der Waals surface area contributed by atoms with E-state index in [1.165, 1.54) is 0 Å². The number of likely N-dealkylation sites (tertiary alicyclic amines) is 1. The molecule has 124 valence electrons. The van der Waals surface area contributed by atoms with Crippen molar-refractivity contribution in [1.29, 1.82) is 0 Å². The summed E-state index contributed by atoms with van der Waals surface area (Å²) >= 11 is 0. The third kappa shape index (κ3) is 3.88. The molecule has 2 rings (SSSR count). The summed E-state index contributed by atoms with van der Waals surface area (Å²) in [7, 11) is 0. The first-order valence-electron chi connectivity index (χ1n) is 7.84. The Kier molecular flexibility index (Phi) is 5.36. The molecule has 1 fully saturated rings. The molecule has 1 aliphatic heterocycles. The highest BCUT2D eigenvalue weighted by Gasteiger charge is 2.40. The van der Waals surface area contributed by atoms with Crippen LogP contribution in [0.5, 0.6) is 0 Å². The molecule has 1 saturated heterocycles. The fraction of sp³-hybridized carbons (Fsp3) is 0.471. The second-order valence-electron chi connectivity index (χ2n) is 6.22. The largest absolute Gasteiger partial charge is 0.368 e. The van der Waals surface area contributed by atoms with E-state index < -0.39 is 18.0 Å². The third-order valence-electron chi connectivity index (χ3n) is 4.18. The van der Waals surface area contributed by atoms with E-state index in [1.54, 1.807) is 17.2 Å². The number of pyridine rings is 1. The van der Waals surface area contributed by atoms with Crippen LogP contribution in [0, 0.1) is 11.8 Å². The van der Waals surface area contributed by atoms with Gasteiger partial charge in [-0.3, -0.25) is 9.59 Å². The monoisotopic (exact) mass is 316 g/mol. The minimum absolute atomic E-state index is 0.0424. The summed E-state index contributed by atoms with van der Waals surface area (Å²) in [5.41, 5.74) is 5.47. The van der Waals surface area contributed by atoms with Crippen molar-refractivity contribution in [2.24, 2.45) is 17.6 Å². The zero-order valence-corrected chi connectivity index (χ0v) is 13.6. The van der Waals surface area contributed by atoms with Gasteiger partial charge < -0.3 is 16.0 Å². The smallest absolute Gasteiger partial charge is 0.246 e. The van der Waals surface area contributed by atoms with E-state index in [0.29, 0.717) is 18.8 Å². The second-order valence-corrected chi connectivity index (χ2v) is 6.22. The number of rotatable bonds is 6. The average molecular weight is 316 g/mol. The van der Waals surface area contributed by atoms with Gasteiger partial charge in [-0.2, -0.15) is 0 Å². The highest BCUT2D eigenvalue weighted by molar-refractivity contribution is 5.91. The predicted octanol–water partition coefficient (Wildman–Crippen LogP) is 1.41. The topological polar surface area (TPSA) is 88.3 Å². The first-order valence-corrected chi connectivity index (χ1v) is 7.84. The van der Waals surface area contributed by atoms with Crippen molar-refractivity contribution in [3.63, 3.8) is 0 Å². The molecule has 0 saturated carbocycles. The van der Waals surface area contributed by atoms with E-state index in [1.807, 2.05) is 32.0 Å². The summed E-state index contributed by atoms with van der Waals surface area (Å²) in [5, 5.41) is 3.17. The first-order chi connectivity index (χ1) is 10.9. The van der Waals surface area contributed by atoms with Gasteiger partial charge in [-0.05, 0) is 30.4 Å². The molecule has 0 bridgehead atoms. The third-order valence-corrected chi connectivity index (χ3v) is 4.18. The van der Waals surface area contributed by atoms with Gasteiger partial charge in [0, 0.05) is 12.7 Å². The molecule has 0 radical (unpaired) electrons. The standard InChI is InChI=1S/C17H24N4O2/c1-4-12-9-13(16(18)22)21(10-12)17(23)15(11(2)3)20-14-7-5-6-8-19-14/h4-8,11-13,15H,1,9-10H2,2-3H3,(H2,18,22)(H,19,20)/t12-,13+,15?/m1/s1. The van der Waals surface area contributed by atoms with Gasteiger partial charge in [0.25, 0.3) is 0 Å². The van der Waals surface area contributed by atoms with Crippen molar-refractivity contribution in [1.82, 2.24) is 9.88 Å². The average Bonchev–Trinajstić information content (AvgIpc) is 2.97. The van der Waals surface area contributed by atoms with Crippen LogP contribution in [-0.2, 0) is 9.59 Å². The number of carbonyl (C=O) groups excluding carboxylic acids is 2. The van der Waals surface area contributed by atoms with E-state index in [9.17, 15) is 9.59 Å². The Morgan fingerprint density at radius 2 is 2.22 bits per heavy atom. The molecular weight excluding hydrogens is 292 g/mol. The zero-order valence-electron chi connectivity index (χ0n) is 13.6. The maximum Gasteiger partial charge on any atom is 0.246 e. The van der Waals surface area contributed by atoms with Gasteiger partial charge >= 0.3 is 0 Å². The lowest BCUT2D eigenvalue weighted by Crippen LogP contribution is -2.51. The van der Waals surface area contributed by atoms with Gasteiger partial charge in [0.1, 0.15) is 17.9 Å². The van der Waals surface area contributed by atoms with Crippen molar-refractivity contribution >= 4 is 17.6 Å². The molecule has 2 heterocycles. The number of aromatic nitrogens is 1. The summed E-state index contributed by atoms with van der Waals surface area (Å²) in [6.45, 7) is 8.15. The van der Waals surface area contributed by atoms with Crippen LogP contribution in [0.25, 0.3) is 0 Å². The van der Waals surface area contributed by atoms with Crippen LogP contribution < -0.4 is 11.1 Å². The molecule has 1 aromatic rings. The van der Waals surface area contributed by atoms with Crippen molar-refractivity contribution in [2.75, 3.05) is 11.9 Å². The van der Waals surface area contributed by atoms with Gasteiger partial charge in [-0.15, -0.1) is 6.58 Å². The quantitative estimate of drug-likeness (QED) is 0.777. The maximum atomic E-state index is 13.0. The Balaban J connectivity index is 2.19. The van der Waals surface area contributed by atoms with Gasteiger partial charge in [-0.1, -0.05) is 26.0 Å². The minimum atomic E-state index is -0.572. The lowest BCUT2D eigenvalue weighted by molar-refractivity contribution is -0.138. The molecule has 6 nitrogen and oxygen atoms in total. The lowest BCUT2D eigenvalue weighted by atomic mass is 10.0. The fourth-order valence-corrected chi connectivity index (χ4v) is 2.85. The van der Waals surface area contributed by atoms with Gasteiger partial charge in [0.2, 0.25) is 11.8 Å². The van der Waals surface area contributed by atoms with E-state index >= 15 is 0 Å². The number of hydrogen-bond donors (Lipinski definition) is 2. The molecule has 0 aliphatic carbocycles. The van der Waals surface area contributed by atoms with E-state index in [-0.39, 0.29) is 17.7 Å². The highest BCUT2D eigenvalue weighted by atomic mass is 16.2. The van der Waals surface area contributed by atoms with Crippen LogP contribution in [0.1, 0.15) is 20.3 Å². The predicted molar refractivity (Wildman–Crippen MR) is 89.5 cm³/mol. The van der Waals surface area contributed by atoms with E-state index in [2.05, 4.69) is 16.9 Å². The summed E-state index contributed by atoms with van der Waals surface area (Å²) in [4.78, 5) is 30.4. The zero-order chi connectivity index (χ0) is 17.0. The lowest BCUT2D eigenvalue weighted by Gasteiger charge is -2.30. The van der Waals surface area contributed by atoms with Crippen LogP contribution in [-0.4, -0.2) is 40.3 Å². The SMILES string of the molecule is C=C[C@@H]1C[C@@H](C(N)=O)N(C(=O)C(Nc2ccccn2)C(C)C)C1. The molecule has 1 aromatic heterocycles. The van der Waals surface area contributed by atoms with Crippen LogP contribution in [0.3, 0.4) is 0 Å². The number of carbonyl (C=O) groups is 2. The van der Waals surface area contributed by atoms with E-state index in [4.69, 9.17) is 5.73 Å². The van der Waals surface area contributed by atoms with Crippen LogP contribution in [0.2, 0.25) is 0 Å². The molecule has 3 atom stereocenters. The van der Waals surface area contributed by atoms with E-state index in [0.717, 1.165) is 0 Å². The molecule has 1 aliphatic rings. The van der Waals surface area contributed by atoms with Crippen molar-refractivity contribution in [3.8, 4) is 0 Å². The Hall–Kier alpha value is -2.37. The molecule has 3 N–H and O–H groups in total. The van der Waals surface area contributed by atoms with Gasteiger partial charge in [0.05, 0.1) is 0 Å². The summed E-state index contributed by atoms with van der Waals surface area (Å²) in [5.74, 6) is 0.177. The Bertz CT molecular complexity index is 573. The van der Waals surface area contributed by atoms with Crippen LogP contribution in [0.15, 0.2) is 37.1 Å².